The number of aryl methyl sites for hydroxylation is 3. The molecule has 2 aromatic carbocycles. The Morgan fingerprint density at radius 3 is 2.35 bits per heavy atom. The number of ether oxygens (including phenoxy) is 1. The first-order chi connectivity index (χ1) is 12.5. The maximum atomic E-state index is 5.47. The summed E-state index contributed by atoms with van der Waals surface area (Å²) in [6.07, 6.45) is 0. The standard InChI is InChI=1S/C21H24N4O/c1-5-26-18-9-7-17(8-10-18)23-20-13-16(4)22-21(25-20)24-19-11-6-14(2)12-15(19)3/h6-13H,5H2,1-4H3,(H2,22,23,24,25). The summed E-state index contributed by atoms with van der Waals surface area (Å²) in [7, 11) is 0. The summed E-state index contributed by atoms with van der Waals surface area (Å²) in [6, 6.07) is 16.0. The molecule has 134 valence electrons. The van der Waals surface area contributed by atoms with E-state index < -0.39 is 0 Å². The summed E-state index contributed by atoms with van der Waals surface area (Å²) >= 11 is 0. The van der Waals surface area contributed by atoms with E-state index in [9.17, 15) is 0 Å². The van der Waals surface area contributed by atoms with Crippen LogP contribution in [0.3, 0.4) is 0 Å². The first-order valence-electron chi connectivity index (χ1n) is 8.73. The lowest BCUT2D eigenvalue weighted by atomic mass is 10.1. The maximum Gasteiger partial charge on any atom is 0.229 e. The largest absolute Gasteiger partial charge is 0.494 e. The smallest absolute Gasteiger partial charge is 0.229 e. The molecule has 5 heteroatoms. The molecule has 0 radical (unpaired) electrons. The monoisotopic (exact) mass is 348 g/mol. The minimum atomic E-state index is 0.574. The van der Waals surface area contributed by atoms with Crippen molar-refractivity contribution in [1.29, 1.82) is 0 Å². The number of hydrogen-bond acceptors (Lipinski definition) is 5. The van der Waals surface area contributed by atoms with Crippen molar-refractivity contribution in [3.05, 3.63) is 65.4 Å². The van der Waals surface area contributed by atoms with Crippen LogP contribution in [-0.2, 0) is 0 Å². The van der Waals surface area contributed by atoms with Crippen LogP contribution in [0.25, 0.3) is 0 Å². The normalized spacial score (nSPS) is 10.5. The Morgan fingerprint density at radius 1 is 0.885 bits per heavy atom. The summed E-state index contributed by atoms with van der Waals surface area (Å²) in [5.74, 6) is 2.17. The van der Waals surface area contributed by atoms with Crippen LogP contribution in [0.4, 0.5) is 23.1 Å². The molecule has 0 bridgehead atoms. The minimum absolute atomic E-state index is 0.574. The van der Waals surface area contributed by atoms with Gasteiger partial charge in [-0.25, -0.2) is 4.98 Å². The summed E-state index contributed by atoms with van der Waals surface area (Å²) in [4.78, 5) is 9.07. The molecule has 26 heavy (non-hydrogen) atoms. The van der Waals surface area contributed by atoms with Crippen LogP contribution >= 0.6 is 0 Å². The third-order valence-corrected chi connectivity index (χ3v) is 3.92. The zero-order chi connectivity index (χ0) is 18.5. The number of hydrogen-bond donors (Lipinski definition) is 2. The number of rotatable bonds is 6. The molecule has 3 aromatic rings. The molecule has 0 aliphatic heterocycles. The van der Waals surface area contributed by atoms with E-state index in [-0.39, 0.29) is 0 Å². The van der Waals surface area contributed by atoms with Gasteiger partial charge in [0, 0.05) is 23.1 Å². The van der Waals surface area contributed by atoms with Crippen LogP contribution in [0, 0.1) is 20.8 Å². The number of anilines is 4. The van der Waals surface area contributed by atoms with Gasteiger partial charge in [0.1, 0.15) is 11.6 Å². The van der Waals surface area contributed by atoms with Crippen LogP contribution in [0.1, 0.15) is 23.7 Å². The highest BCUT2D eigenvalue weighted by Crippen LogP contribution is 2.23. The number of aromatic nitrogens is 2. The van der Waals surface area contributed by atoms with Gasteiger partial charge in [-0.15, -0.1) is 0 Å². The molecule has 0 atom stereocenters. The van der Waals surface area contributed by atoms with Crippen molar-refractivity contribution in [2.75, 3.05) is 17.2 Å². The lowest BCUT2D eigenvalue weighted by Crippen LogP contribution is -2.03. The first-order valence-corrected chi connectivity index (χ1v) is 8.73. The van der Waals surface area contributed by atoms with Crippen molar-refractivity contribution in [2.24, 2.45) is 0 Å². The predicted octanol–water partition coefficient (Wildman–Crippen LogP) is 5.29. The van der Waals surface area contributed by atoms with Crippen molar-refractivity contribution < 1.29 is 4.74 Å². The van der Waals surface area contributed by atoms with Gasteiger partial charge >= 0.3 is 0 Å². The SMILES string of the molecule is CCOc1ccc(Nc2cc(C)nc(Nc3ccc(C)cc3C)n2)cc1. The Hall–Kier alpha value is -3.08. The predicted molar refractivity (Wildman–Crippen MR) is 107 cm³/mol. The molecular formula is C21H24N4O. The summed E-state index contributed by atoms with van der Waals surface area (Å²) in [5.41, 5.74) is 5.24. The Kier molecular flexibility index (Phi) is 5.37. The fourth-order valence-electron chi connectivity index (χ4n) is 2.71. The second-order valence-corrected chi connectivity index (χ2v) is 6.24. The van der Waals surface area contributed by atoms with Crippen molar-refractivity contribution in [1.82, 2.24) is 9.97 Å². The molecule has 0 amide bonds. The van der Waals surface area contributed by atoms with E-state index >= 15 is 0 Å². The first kappa shape index (κ1) is 17.7. The van der Waals surface area contributed by atoms with Crippen LogP contribution in [0.5, 0.6) is 5.75 Å². The van der Waals surface area contributed by atoms with Gasteiger partial charge in [-0.1, -0.05) is 17.7 Å². The van der Waals surface area contributed by atoms with Gasteiger partial charge in [0.15, 0.2) is 0 Å². The van der Waals surface area contributed by atoms with Crippen molar-refractivity contribution in [3.63, 3.8) is 0 Å². The van der Waals surface area contributed by atoms with Gasteiger partial charge < -0.3 is 15.4 Å². The Morgan fingerprint density at radius 2 is 1.65 bits per heavy atom. The number of nitrogens with one attached hydrogen (secondary N) is 2. The molecule has 0 aliphatic rings. The molecule has 1 aromatic heterocycles. The van der Waals surface area contributed by atoms with E-state index in [1.807, 2.05) is 44.2 Å². The van der Waals surface area contributed by atoms with Crippen molar-refractivity contribution in [2.45, 2.75) is 27.7 Å². The zero-order valence-electron chi connectivity index (χ0n) is 15.6. The highest BCUT2D eigenvalue weighted by atomic mass is 16.5. The van der Waals surface area contributed by atoms with Gasteiger partial charge in [0.25, 0.3) is 0 Å². The molecule has 0 saturated heterocycles. The highest BCUT2D eigenvalue weighted by molar-refractivity contribution is 5.62. The average Bonchev–Trinajstić information content (AvgIpc) is 2.59. The Labute approximate surface area is 154 Å². The van der Waals surface area contributed by atoms with E-state index in [0.29, 0.717) is 12.6 Å². The lowest BCUT2D eigenvalue weighted by molar-refractivity contribution is 0.340. The maximum absolute atomic E-state index is 5.47. The molecule has 3 rings (SSSR count). The second-order valence-electron chi connectivity index (χ2n) is 6.24. The van der Waals surface area contributed by atoms with Crippen LogP contribution < -0.4 is 15.4 Å². The molecule has 0 saturated carbocycles. The number of nitrogens with zero attached hydrogens (tertiary/aromatic N) is 2. The van der Waals surface area contributed by atoms with Crippen LogP contribution in [0.2, 0.25) is 0 Å². The lowest BCUT2D eigenvalue weighted by Gasteiger charge is -2.12. The summed E-state index contributed by atoms with van der Waals surface area (Å²) < 4.78 is 5.47. The third-order valence-electron chi connectivity index (χ3n) is 3.92. The molecule has 5 nitrogen and oxygen atoms in total. The molecule has 0 aliphatic carbocycles. The fraction of sp³-hybridized carbons (Fsp3) is 0.238. The van der Waals surface area contributed by atoms with Crippen molar-refractivity contribution >= 4 is 23.1 Å². The molecule has 2 N–H and O–H groups in total. The zero-order valence-corrected chi connectivity index (χ0v) is 15.6. The Bertz CT molecular complexity index is 891. The fourth-order valence-corrected chi connectivity index (χ4v) is 2.71. The van der Waals surface area contributed by atoms with E-state index in [2.05, 4.69) is 52.6 Å². The van der Waals surface area contributed by atoms with E-state index in [0.717, 1.165) is 34.2 Å². The quantitative estimate of drug-likeness (QED) is 0.634. The second kappa shape index (κ2) is 7.87. The summed E-state index contributed by atoms with van der Waals surface area (Å²) in [5, 5.41) is 6.63. The van der Waals surface area contributed by atoms with Gasteiger partial charge in [-0.2, -0.15) is 4.98 Å². The average molecular weight is 348 g/mol. The summed E-state index contributed by atoms with van der Waals surface area (Å²) in [6.45, 7) is 8.74. The van der Waals surface area contributed by atoms with Crippen LogP contribution in [-0.4, -0.2) is 16.6 Å². The molecule has 0 fully saturated rings. The van der Waals surface area contributed by atoms with E-state index in [1.54, 1.807) is 0 Å². The van der Waals surface area contributed by atoms with Crippen LogP contribution in [0.15, 0.2) is 48.5 Å². The van der Waals surface area contributed by atoms with E-state index in [1.165, 1.54) is 5.56 Å². The minimum Gasteiger partial charge on any atom is -0.494 e. The molecule has 0 unspecified atom stereocenters. The third kappa shape index (κ3) is 4.51. The topological polar surface area (TPSA) is 59.1 Å². The van der Waals surface area contributed by atoms with Gasteiger partial charge in [0.2, 0.25) is 5.95 Å². The van der Waals surface area contributed by atoms with E-state index in [4.69, 9.17) is 4.74 Å². The molecule has 1 heterocycles. The molecular weight excluding hydrogens is 324 g/mol. The highest BCUT2D eigenvalue weighted by Gasteiger charge is 2.06. The Balaban J connectivity index is 1.78. The molecule has 0 spiro atoms. The van der Waals surface area contributed by atoms with Gasteiger partial charge in [-0.3, -0.25) is 0 Å². The van der Waals surface area contributed by atoms with Gasteiger partial charge in [-0.05, 0) is 63.6 Å². The van der Waals surface area contributed by atoms with Gasteiger partial charge in [0.05, 0.1) is 6.61 Å². The van der Waals surface area contributed by atoms with Crippen molar-refractivity contribution in [3.8, 4) is 5.75 Å². The number of benzene rings is 2.